The predicted molar refractivity (Wildman–Crippen MR) is 361 cm³/mol. The van der Waals surface area contributed by atoms with Crippen molar-refractivity contribution in [2.75, 3.05) is 19.8 Å². The summed E-state index contributed by atoms with van der Waals surface area (Å²) in [5.74, 6) is -0.182. The Balaban J connectivity index is 1.98. The van der Waals surface area contributed by atoms with E-state index < -0.39 is 49.5 Å². The summed E-state index contributed by atoms with van der Waals surface area (Å²) in [6, 6.07) is -0.834. The number of amides is 1. The molecular weight excluding hydrogens is 1070 g/mol. The lowest BCUT2D eigenvalue weighted by Gasteiger charge is -2.40. The molecule has 1 rings (SSSR count). The van der Waals surface area contributed by atoms with E-state index in [2.05, 4.69) is 55.6 Å². The molecule has 1 fully saturated rings. The summed E-state index contributed by atoms with van der Waals surface area (Å²) in [4.78, 5) is 25.1. The maximum atomic E-state index is 13.1. The minimum absolute atomic E-state index is 0.0101. The molecule has 1 heterocycles. The van der Waals surface area contributed by atoms with Gasteiger partial charge in [0.2, 0.25) is 5.91 Å². The van der Waals surface area contributed by atoms with Crippen molar-refractivity contribution in [3.63, 3.8) is 0 Å². The monoisotopic (exact) mass is 1210 g/mol. The molecule has 0 bridgehead atoms. The van der Waals surface area contributed by atoms with E-state index in [0.29, 0.717) is 19.4 Å². The molecule has 0 saturated carbocycles. The van der Waals surface area contributed by atoms with Gasteiger partial charge in [-0.1, -0.05) is 306 Å². The normalized spacial score (nSPS) is 18.2. The summed E-state index contributed by atoms with van der Waals surface area (Å²) >= 11 is 0. The van der Waals surface area contributed by atoms with E-state index in [1.54, 1.807) is 6.08 Å². The number of aliphatic hydroxyl groups is 5. The third-order valence-corrected chi connectivity index (χ3v) is 17.4. The van der Waals surface area contributed by atoms with Gasteiger partial charge in [0.15, 0.2) is 6.29 Å². The smallest absolute Gasteiger partial charge is 0.305 e. The summed E-state index contributed by atoms with van der Waals surface area (Å²) < 4.78 is 16.7. The van der Waals surface area contributed by atoms with Crippen molar-refractivity contribution < 1.29 is 49.3 Å². The molecule has 0 spiro atoms. The molecule has 0 aromatic rings. The van der Waals surface area contributed by atoms with Crippen LogP contribution in [0.15, 0.2) is 48.6 Å². The Kier molecular flexibility index (Phi) is 60.9. The summed E-state index contributed by atoms with van der Waals surface area (Å²) in [6.07, 6.45) is 74.0. The number of hydrogen-bond acceptors (Lipinski definition) is 10. The molecular formula is C75H139NO10. The molecule has 0 aliphatic carbocycles. The second kappa shape index (κ2) is 64.2. The van der Waals surface area contributed by atoms with E-state index in [1.807, 2.05) is 6.08 Å². The number of carbonyl (C=O) groups is 2. The fourth-order valence-corrected chi connectivity index (χ4v) is 11.6. The number of rotatable bonds is 65. The lowest BCUT2D eigenvalue weighted by molar-refractivity contribution is -0.302. The zero-order chi connectivity index (χ0) is 62.3. The number of aliphatic hydroxyl groups excluding tert-OH is 5. The van der Waals surface area contributed by atoms with E-state index in [0.717, 1.165) is 64.2 Å². The molecule has 504 valence electrons. The molecule has 6 N–H and O–H groups in total. The Morgan fingerprint density at radius 2 is 0.756 bits per heavy atom. The first-order valence-electron chi connectivity index (χ1n) is 36.9. The molecule has 1 aliphatic rings. The van der Waals surface area contributed by atoms with Gasteiger partial charge in [0.1, 0.15) is 24.4 Å². The number of esters is 1. The minimum Gasteiger partial charge on any atom is -0.466 e. The lowest BCUT2D eigenvalue weighted by atomic mass is 9.99. The van der Waals surface area contributed by atoms with Crippen LogP contribution in [0.1, 0.15) is 354 Å². The highest BCUT2D eigenvalue weighted by atomic mass is 16.7. The highest BCUT2D eigenvalue weighted by molar-refractivity contribution is 5.76. The van der Waals surface area contributed by atoms with Crippen molar-refractivity contribution in [1.82, 2.24) is 5.32 Å². The van der Waals surface area contributed by atoms with Crippen molar-refractivity contribution >= 4 is 11.9 Å². The Labute approximate surface area is 529 Å². The van der Waals surface area contributed by atoms with Crippen LogP contribution in [0, 0.1) is 0 Å². The van der Waals surface area contributed by atoms with Gasteiger partial charge >= 0.3 is 5.97 Å². The Hall–Kier alpha value is -2.38. The predicted octanol–water partition coefficient (Wildman–Crippen LogP) is 19.1. The van der Waals surface area contributed by atoms with Crippen LogP contribution in [-0.4, -0.2) is 100 Å². The number of ether oxygens (including phenoxy) is 3. The second-order valence-electron chi connectivity index (χ2n) is 25.6. The van der Waals surface area contributed by atoms with Gasteiger partial charge in [-0.05, 0) is 83.5 Å². The number of carbonyl (C=O) groups excluding carboxylic acids is 2. The Morgan fingerprint density at radius 3 is 1.15 bits per heavy atom. The average molecular weight is 1210 g/mol. The highest BCUT2D eigenvalue weighted by Crippen LogP contribution is 2.23. The first kappa shape index (κ1) is 81.6. The van der Waals surface area contributed by atoms with Crippen molar-refractivity contribution in [2.45, 2.75) is 397 Å². The first-order valence-corrected chi connectivity index (χ1v) is 36.9. The van der Waals surface area contributed by atoms with Crippen LogP contribution >= 0.6 is 0 Å². The molecule has 86 heavy (non-hydrogen) atoms. The Bertz CT molecular complexity index is 1570. The summed E-state index contributed by atoms with van der Waals surface area (Å²) in [5.41, 5.74) is 0. The highest BCUT2D eigenvalue weighted by Gasteiger charge is 2.44. The standard InChI is InChI=1S/C75H139NO10/c1-3-5-7-9-11-13-15-16-35-38-42-45-49-53-57-61-68(78)67(66-85-75-74(83)73(82)72(81)69(65-77)86-75)76-70(79)62-58-54-50-46-43-39-36-33-31-29-27-25-23-21-19-17-18-20-22-24-26-28-30-32-34-37-40-44-48-52-56-60-64-84-71(80)63-59-55-51-47-41-14-12-10-8-6-4-2/h15-16,20,22,42,45,57,61,67-69,72-75,77-78,81-83H,3-14,17-19,21,23-41,43-44,46-56,58-60,62-66H2,1-2H3,(H,76,79)/b16-15+,22-20-,45-42+,61-57+. The summed E-state index contributed by atoms with van der Waals surface area (Å²) in [5, 5.41) is 54.5. The maximum Gasteiger partial charge on any atom is 0.305 e. The van der Waals surface area contributed by atoms with Crippen LogP contribution in [0.25, 0.3) is 0 Å². The molecule has 1 amide bonds. The fourth-order valence-electron chi connectivity index (χ4n) is 11.6. The topological polar surface area (TPSA) is 175 Å². The van der Waals surface area contributed by atoms with E-state index in [-0.39, 0.29) is 18.5 Å². The van der Waals surface area contributed by atoms with Gasteiger partial charge in [0.25, 0.3) is 0 Å². The molecule has 11 heteroatoms. The van der Waals surface area contributed by atoms with E-state index >= 15 is 0 Å². The molecule has 11 nitrogen and oxygen atoms in total. The van der Waals surface area contributed by atoms with Gasteiger partial charge in [-0.2, -0.15) is 0 Å². The third kappa shape index (κ3) is 52.4. The van der Waals surface area contributed by atoms with Crippen LogP contribution in [0.3, 0.4) is 0 Å². The zero-order valence-electron chi connectivity index (χ0n) is 56.0. The number of unbranched alkanes of at least 4 members (excludes halogenated alkanes) is 45. The summed E-state index contributed by atoms with van der Waals surface area (Å²) in [7, 11) is 0. The van der Waals surface area contributed by atoms with E-state index in [1.165, 1.54) is 263 Å². The number of nitrogens with one attached hydrogen (secondary N) is 1. The summed E-state index contributed by atoms with van der Waals surface area (Å²) in [6.45, 7) is 4.34. The van der Waals surface area contributed by atoms with Gasteiger partial charge in [0.05, 0.1) is 32.0 Å². The zero-order valence-corrected chi connectivity index (χ0v) is 56.0. The fraction of sp³-hybridized carbons (Fsp3) is 0.867. The van der Waals surface area contributed by atoms with Crippen molar-refractivity contribution in [2.24, 2.45) is 0 Å². The SMILES string of the molecule is CCCCCCC/C=C/CC/C=C/CC/C=C/C(O)C(COC1OC(CO)C(O)C(O)C1O)NC(=O)CCCCCCCCCCCCCCCCCC/C=C\CCCCCCCCCCCCCCOC(=O)CCCCCCCCCCCCC. The van der Waals surface area contributed by atoms with Gasteiger partial charge < -0.3 is 45.1 Å². The van der Waals surface area contributed by atoms with Gasteiger partial charge in [-0.3, -0.25) is 9.59 Å². The molecule has 0 aromatic carbocycles. The molecule has 1 aliphatic heterocycles. The van der Waals surface area contributed by atoms with Crippen LogP contribution in [0.4, 0.5) is 0 Å². The van der Waals surface area contributed by atoms with Gasteiger partial charge in [0, 0.05) is 12.8 Å². The van der Waals surface area contributed by atoms with Crippen LogP contribution in [0.2, 0.25) is 0 Å². The van der Waals surface area contributed by atoms with E-state index in [4.69, 9.17) is 14.2 Å². The minimum atomic E-state index is -1.58. The quantitative estimate of drug-likeness (QED) is 0.0195. The largest absolute Gasteiger partial charge is 0.466 e. The second-order valence-corrected chi connectivity index (χ2v) is 25.6. The van der Waals surface area contributed by atoms with Gasteiger partial charge in [-0.25, -0.2) is 0 Å². The molecule has 0 radical (unpaired) electrons. The van der Waals surface area contributed by atoms with Crippen LogP contribution in [0.5, 0.6) is 0 Å². The number of hydrogen-bond donors (Lipinski definition) is 6. The van der Waals surface area contributed by atoms with Crippen LogP contribution in [-0.2, 0) is 23.8 Å². The van der Waals surface area contributed by atoms with Gasteiger partial charge in [-0.15, -0.1) is 0 Å². The molecule has 0 aromatic heterocycles. The van der Waals surface area contributed by atoms with Crippen LogP contribution < -0.4 is 5.32 Å². The average Bonchev–Trinajstić information content (AvgIpc) is 2.97. The maximum absolute atomic E-state index is 13.1. The Morgan fingerprint density at radius 1 is 0.419 bits per heavy atom. The lowest BCUT2D eigenvalue weighted by Crippen LogP contribution is -2.60. The molecule has 1 saturated heterocycles. The van der Waals surface area contributed by atoms with E-state index in [9.17, 15) is 35.1 Å². The first-order chi connectivity index (χ1) is 42.2. The molecule has 7 atom stereocenters. The van der Waals surface area contributed by atoms with Crippen molar-refractivity contribution in [3.05, 3.63) is 48.6 Å². The number of allylic oxidation sites excluding steroid dienone is 7. The molecule has 7 unspecified atom stereocenters. The third-order valence-electron chi connectivity index (χ3n) is 17.4. The van der Waals surface area contributed by atoms with Crippen molar-refractivity contribution in [1.29, 1.82) is 0 Å². The van der Waals surface area contributed by atoms with Crippen molar-refractivity contribution in [3.8, 4) is 0 Å².